The largest absolute Gasteiger partial charge is 0.361 e. The number of fused-ring (bicyclic) bond motifs is 1. The molecule has 0 bridgehead atoms. The average Bonchev–Trinajstić information content (AvgIpc) is 3.08. The van der Waals surface area contributed by atoms with Crippen LogP contribution in [0.4, 0.5) is 0 Å². The molecule has 0 atom stereocenters. The van der Waals surface area contributed by atoms with Crippen LogP contribution in [0.5, 0.6) is 0 Å². The minimum Gasteiger partial charge on any atom is -0.361 e. The summed E-state index contributed by atoms with van der Waals surface area (Å²) in [7, 11) is 0. The summed E-state index contributed by atoms with van der Waals surface area (Å²) in [6.07, 6.45) is 3.74. The Morgan fingerprint density at radius 1 is 1.08 bits per heavy atom. The van der Waals surface area contributed by atoms with Crippen LogP contribution in [0.3, 0.4) is 0 Å². The van der Waals surface area contributed by atoms with E-state index in [0.29, 0.717) is 5.56 Å². The van der Waals surface area contributed by atoms with Crippen molar-refractivity contribution >= 4 is 28.8 Å². The van der Waals surface area contributed by atoms with Crippen LogP contribution in [0.15, 0.2) is 59.8 Å². The average molecular weight is 333 g/mol. The Hall–Kier alpha value is -3.21. The normalized spacial score (nSPS) is 11.1. The number of amides is 1. The first-order valence-corrected chi connectivity index (χ1v) is 8.11. The van der Waals surface area contributed by atoms with Crippen LogP contribution in [0, 0.1) is 6.92 Å². The first kappa shape index (κ1) is 16.6. The minimum atomic E-state index is -0.278. The van der Waals surface area contributed by atoms with Crippen molar-refractivity contribution in [3.8, 4) is 0 Å². The van der Waals surface area contributed by atoms with Crippen molar-refractivity contribution in [3.05, 3.63) is 71.4 Å². The molecule has 0 saturated heterocycles. The highest BCUT2D eigenvalue weighted by Gasteiger charge is 2.08. The molecular formula is C20H19N3O2. The quantitative estimate of drug-likeness (QED) is 0.411. The molecule has 3 rings (SSSR count). The van der Waals surface area contributed by atoms with Crippen LogP contribution < -0.4 is 5.43 Å². The zero-order valence-electron chi connectivity index (χ0n) is 14.0. The summed E-state index contributed by atoms with van der Waals surface area (Å²) in [5, 5.41) is 5.03. The SMILES string of the molecule is Cc1ccc(C(=O)CCC(=O)N/N=C/c2ccc3[nH]ccc3c2)cc1. The predicted molar refractivity (Wildman–Crippen MR) is 98.8 cm³/mol. The third-order valence-electron chi connectivity index (χ3n) is 3.93. The van der Waals surface area contributed by atoms with E-state index in [4.69, 9.17) is 0 Å². The van der Waals surface area contributed by atoms with E-state index >= 15 is 0 Å². The van der Waals surface area contributed by atoms with E-state index in [9.17, 15) is 9.59 Å². The topological polar surface area (TPSA) is 74.3 Å². The van der Waals surface area contributed by atoms with E-state index in [0.717, 1.165) is 22.0 Å². The second-order valence-electron chi connectivity index (χ2n) is 5.91. The second kappa shape index (κ2) is 7.57. The number of carbonyl (C=O) groups excluding carboxylic acids is 2. The number of aryl methyl sites for hydroxylation is 1. The number of nitrogens with zero attached hydrogens (tertiary/aromatic N) is 1. The van der Waals surface area contributed by atoms with Crippen molar-refractivity contribution in [3.63, 3.8) is 0 Å². The molecule has 2 N–H and O–H groups in total. The molecule has 1 aromatic heterocycles. The maximum Gasteiger partial charge on any atom is 0.240 e. The fraction of sp³-hybridized carbons (Fsp3) is 0.150. The lowest BCUT2D eigenvalue weighted by Crippen LogP contribution is -2.18. The summed E-state index contributed by atoms with van der Waals surface area (Å²) < 4.78 is 0. The molecule has 0 aliphatic heterocycles. The molecule has 3 aromatic rings. The molecule has 0 spiro atoms. The van der Waals surface area contributed by atoms with E-state index in [1.165, 1.54) is 0 Å². The summed E-state index contributed by atoms with van der Waals surface area (Å²) in [6, 6.07) is 15.2. The van der Waals surface area contributed by atoms with Gasteiger partial charge in [-0.1, -0.05) is 35.9 Å². The van der Waals surface area contributed by atoms with Crippen molar-refractivity contribution in [2.24, 2.45) is 5.10 Å². The van der Waals surface area contributed by atoms with Gasteiger partial charge in [0.25, 0.3) is 0 Å². The van der Waals surface area contributed by atoms with Crippen LogP contribution in [0.25, 0.3) is 10.9 Å². The van der Waals surface area contributed by atoms with Crippen molar-refractivity contribution in [2.45, 2.75) is 19.8 Å². The van der Waals surface area contributed by atoms with Gasteiger partial charge in [0.15, 0.2) is 5.78 Å². The van der Waals surface area contributed by atoms with Gasteiger partial charge in [0, 0.05) is 30.1 Å². The van der Waals surface area contributed by atoms with Crippen LogP contribution >= 0.6 is 0 Å². The number of hydrazone groups is 1. The Labute approximate surface area is 145 Å². The number of aromatic amines is 1. The molecule has 126 valence electrons. The van der Waals surface area contributed by atoms with Crippen LogP contribution in [-0.4, -0.2) is 22.9 Å². The second-order valence-corrected chi connectivity index (χ2v) is 5.91. The third-order valence-corrected chi connectivity index (χ3v) is 3.93. The summed E-state index contributed by atoms with van der Waals surface area (Å²) in [6.45, 7) is 1.97. The number of Topliss-reactive ketones (excluding diaryl/α,β-unsaturated/α-hetero) is 1. The Morgan fingerprint density at radius 2 is 1.88 bits per heavy atom. The van der Waals surface area contributed by atoms with E-state index in [2.05, 4.69) is 15.5 Å². The molecule has 2 aromatic carbocycles. The molecule has 5 nitrogen and oxygen atoms in total. The van der Waals surface area contributed by atoms with Crippen molar-refractivity contribution in [1.29, 1.82) is 0 Å². The standard InChI is InChI=1S/C20H19N3O2/c1-14-2-5-16(6-3-14)19(24)8-9-20(25)23-22-13-15-4-7-18-17(12-15)10-11-21-18/h2-7,10-13,21H,8-9H2,1H3,(H,23,25)/b22-13+. The zero-order valence-corrected chi connectivity index (χ0v) is 14.0. The molecule has 5 heteroatoms. The van der Waals surface area contributed by atoms with Gasteiger partial charge >= 0.3 is 0 Å². The van der Waals surface area contributed by atoms with Crippen molar-refractivity contribution < 1.29 is 9.59 Å². The molecule has 0 fully saturated rings. The smallest absolute Gasteiger partial charge is 0.240 e. The van der Waals surface area contributed by atoms with E-state index < -0.39 is 0 Å². The number of hydrogen-bond donors (Lipinski definition) is 2. The van der Waals surface area contributed by atoms with Gasteiger partial charge in [-0.15, -0.1) is 0 Å². The van der Waals surface area contributed by atoms with Gasteiger partial charge < -0.3 is 4.98 Å². The van der Waals surface area contributed by atoms with Crippen LogP contribution in [0.1, 0.15) is 34.3 Å². The molecule has 1 amide bonds. The highest BCUT2D eigenvalue weighted by Crippen LogP contribution is 2.13. The number of benzene rings is 2. The number of H-pyrrole nitrogens is 1. The van der Waals surface area contributed by atoms with E-state index in [-0.39, 0.29) is 24.5 Å². The number of carbonyl (C=O) groups is 2. The maximum atomic E-state index is 12.0. The molecule has 0 aliphatic carbocycles. The van der Waals surface area contributed by atoms with Gasteiger partial charge in [-0.25, -0.2) is 5.43 Å². The van der Waals surface area contributed by atoms with Crippen molar-refractivity contribution in [1.82, 2.24) is 10.4 Å². The maximum absolute atomic E-state index is 12.0. The van der Waals surface area contributed by atoms with Crippen molar-refractivity contribution in [2.75, 3.05) is 0 Å². The zero-order chi connectivity index (χ0) is 17.6. The van der Waals surface area contributed by atoms with Gasteiger partial charge in [-0.3, -0.25) is 9.59 Å². The number of rotatable bonds is 6. The summed E-state index contributed by atoms with van der Waals surface area (Å²) >= 11 is 0. The molecule has 0 unspecified atom stereocenters. The fourth-order valence-corrected chi connectivity index (χ4v) is 2.50. The molecule has 1 heterocycles. The Balaban J connectivity index is 1.48. The summed E-state index contributed by atoms with van der Waals surface area (Å²) in [5.74, 6) is -0.323. The fourth-order valence-electron chi connectivity index (χ4n) is 2.50. The number of hydrogen-bond acceptors (Lipinski definition) is 3. The third kappa shape index (κ3) is 4.41. The number of aromatic nitrogens is 1. The number of nitrogens with one attached hydrogen (secondary N) is 2. The van der Waals surface area contributed by atoms with Crippen LogP contribution in [0.2, 0.25) is 0 Å². The highest BCUT2D eigenvalue weighted by atomic mass is 16.2. The Kier molecular flexibility index (Phi) is 5.04. The Morgan fingerprint density at radius 3 is 2.68 bits per heavy atom. The summed E-state index contributed by atoms with van der Waals surface area (Å²) in [4.78, 5) is 27.0. The lowest BCUT2D eigenvalue weighted by molar-refractivity contribution is -0.121. The summed E-state index contributed by atoms with van der Waals surface area (Å²) in [5.41, 5.74) is 6.13. The predicted octanol–water partition coefficient (Wildman–Crippen LogP) is 3.59. The lowest BCUT2D eigenvalue weighted by Gasteiger charge is -2.02. The molecular weight excluding hydrogens is 314 g/mol. The number of ketones is 1. The molecule has 0 saturated carbocycles. The van der Waals surface area contributed by atoms with Crippen LogP contribution in [-0.2, 0) is 4.79 Å². The van der Waals surface area contributed by atoms with Gasteiger partial charge in [0.1, 0.15) is 0 Å². The molecule has 25 heavy (non-hydrogen) atoms. The first-order chi connectivity index (χ1) is 12.1. The van der Waals surface area contributed by atoms with E-state index in [1.807, 2.05) is 49.5 Å². The lowest BCUT2D eigenvalue weighted by atomic mass is 10.1. The monoisotopic (exact) mass is 333 g/mol. The van der Waals surface area contributed by atoms with Gasteiger partial charge in [-0.2, -0.15) is 5.10 Å². The molecule has 0 aliphatic rings. The van der Waals surface area contributed by atoms with Gasteiger partial charge in [-0.05, 0) is 36.1 Å². The van der Waals surface area contributed by atoms with Gasteiger partial charge in [0.05, 0.1) is 6.21 Å². The van der Waals surface area contributed by atoms with E-state index in [1.54, 1.807) is 18.3 Å². The minimum absolute atomic E-state index is 0.0444. The van der Waals surface area contributed by atoms with Gasteiger partial charge in [0.2, 0.25) is 5.91 Å². The Bertz CT molecular complexity index is 924. The molecule has 0 radical (unpaired) electrons. The first-order valence-electron chi connectivity index (χ1n) is 8.11. The highest BCUT2D eigenvalue weighted by molar-refractivity contribution is 5.98.